The van der Waals surface area contributed by atoms with Gasteiger partial charge in [-0.3, -0.25) is 19.3 Å². The van der Waals surface area contributed by atoms with Crippen molar-refractivity contribution in [3.8, 4) is 5.75 Å². The van der Waals surface area contributed by atoms with E-state index in [1.165, 1.54) is 6.07 Å². The first-order valence-electron chi connectivity index (χ1n) is 8.15. The average Bonchev–Trinajstić information content (AvgIpc) is 2.89. The summed E-state index contributed by atoms with van der Waals surface area (Å²) in [6.07, 6.45) is -0.0638. The number of carboxylic acids is 1. The van der Waals surface area contributed by atoms with Gasteiger partial charge in [0.05, 0.1) is 11.1 Å². The van der Waals surface area contributed by atoms with Crippen molar-refractivity contribution in [2.24, 2.45) is 0 Å². The van der Waals surface area contributed by atoms with Crippen molar-refractivity contribution < 1.29 is 29.0 Å². The number of ether oxygens (including phenoxy) is 1. The largest absolute Gasteiger partial charge is 0.482 e. The van der Waals surface area contributed by atoms with Gasteiger partial charge < -0.3 is 15.2 Å². The minimum atomic E-state index is -1.11. The SMILES string of the molecule is O=C(O)COc1cccc(NC(=O)CCN2C(=O)c3ccccc3C2=O)c1. The molecule has 1 aliphatic heterocycles. The molecule has 0 aliphatic carbocycles. The van der Waals surface area contributed by atoms with Gasteiger partial charge in [0.2, 0.25) is 5.91 Å². The summed E-state index contributed by atoms with van der Waals surface area (Å²) in [5.41, 5.74) is 1.10. The molecule has 1 aliphatic rings. The van der Waals surface area contributed by atoms with Gasteiger partial charge >= 0.3 is 5.97 Å². The lowest BCUT2D eigenvalue weighted by atomic mass is 10.1. The van der Waals surface area contributed by atoms with Crippen LogP contribution in [0.15, 0.2) is 48.5 Å². The Morgan fingerprint density at radius 3 is 2.30 bits per heavy atom. The fourth-order valence-corrected chi connectivity index (χ4v) is 2.69. The number of benzene rings is 2. The first-order valence-corrected chi connectivity index (χ1v) is 8.15. The van der Waals surface area contributed by atoms with Crippen molar-refractivity contribution in [2.75, 3.05) is 18.5 Å². The monoisotopic (exact) mass is 368 g/mol. The summed E-state index contributed by atoms with van der Waals surface area (Å²) >= 11 is 0. The molecule has 2 N–H and O–H groups in total. The Bertz CT molecular complexity index is 889. The molecule has 0 spiro atoms. The van der Waals surface area contributed by atoms with E-state index >= 15 is 0 Å². The highest BCUT2D eigenvalue weighted by molar-refractivity contribution is 6.21. The van der Waals surface area contributed by atoms with Crippen LogP contribution >= 0.6 is 0 Å². The van der Waals surface area contributed by atoms with Crippen molar-refractivity contribution in [3.63, 3.8) is 0 Å². The maximum Gasteiger partial charge on any atom is 0.341 e. The molecule has 3 amide bonds. The Labute approximate surface area is 154 Å². The molecule has 0 unspecified atom stereocenters. The summed E-state index contributed by atoms with van der Waals surface area (Å²) in [6.45, 7) is -0.523. The number of carbonyl (C=O) groups is 4. The number of hydrogen-bond acceptors (Lipinski definition) is 5. The van der Waals surface area contributed by atoms with Crippen LogP contribution in [0, 0.1) is 0 Å². The molecular weight excluding hydrogens is 352 g/mol. The lowest BCUT2D eigenvalue weighted by molar-refractivity contribution is -0.139. The molecular formula is C19H16N2O6. The van der Waals surface area contributed by atoms with Crippen LogP contribution in [0.3, 0.4) is 0 Å². The predicted molar refractivity (Wildman–Crippen MR) is 94.6 cm³/mol. The topological polar surface area (TPSA) is 113 Å². The van der Waals surface area contributed by atoms with E-state index in [-0.39, 0.29) is 18.9 Å². The van der Waals surface area contributed by atoms with Crippen LogP contribution in [0.4, 0.5) is 5.69 Å². The third-order valence-corrected chi connectivity index (χ3v) is 3.92. The average molecular weight is 368 g/mol. The summed E-state index contributed by atoms with van der Waals surface area (Å²) in [6, 6.07) is 12.8. The standard InChI is InChI=1S/C19H16N2O6/c22-16(20-12-4-3-5-13(10-12)27-11-17(23)24)8-9-21-18(25)14-6-1-2-7-15(14)19(21)26/h1-7,10H,8-9,11H2,(H,20,22)(H,23,24). The van der Waals surface area contributed by atoms with Gasteiger partial charge in [0.25, 0.3) is 11.8 Å². The summed E-state index contributed by atoms with van der Waals surface area (Å²) in [4.78, 5) is 48.2. The first kappa shape index (κ1) is 18.1. The predicted octanol–water partition coefficient (Wildman–Crippen LogP) is 1.77. The number of nitrogens with one attached hydrogen (secondary N) is 1. The molecule has 138 valence electrons. The van der Waals surface area contributed by atoms with E-state index in [1.807, 2.05) is 0 Å². The minimum absolute atomic E-state index is 0.0343. The highest BCUT2D eigenvalue weighted by atomic mass is 16.5. The number of anilines is 1. The molecule has 3 rings (SSSR count). The second-order valence-corrected chi connectivity index (χ2v) is 5.82. The molecule has 8 nitrogen and oxygen atoms in total. The first-order chi connectivity index (χ1) is 13.0. The molecule has 2 aromatic carbocycles. The van der Waals surface area contributed by atoms with Crippen LogP contribution in [0.1, 0.15) is 27.1 Å². The Balaban J connectivity index is 1.56. The zero-order chi connectivity index (χ0) is 19.4. The van der Waals surface area contributed by atoms with Gasteiger partial charge in [-0.1, -0.05) is 18.2 Å². The Morgan fingerprint density at radius 1 is 1.00 bits per heavy atom. The number of nitrogens with zero attached hydrogens (tertiary/aromatic N) is 1. The normalized spacial score (nSPS) is 12.7. The third-order valence-electron chi connectivity index (χ3n) is 3.92. The van der Waals surface area contributed by atoms with Crippen LogP contribution in [-0.2, 0) is 9.59 Å². The zero-order valence-electron chi connectivity index (χ0n) is 14.2. The molecule has 0 atom stereocenters. The fourth-order valence-electron chi connectivity index (χ4n) is 2.69. The van der Waals surface area contributed by atoms with Crippen LogP contribution in [0.5, 0.6) is 5.75 Å². The van der Waals surface area contributed by atoms with E-state index in [1.54, 1.807) is 42.5 Å². The lowest BCUT2D eigenvalue weighted by Gasteiger charge is -2.13. The van der Waals surface area contributed by atoms with Gasteiger partial charge in [0, 0.05) is 24.7 Å². The number of fused-ring (bicyclic) bond motifs is 1. The Hall–Kier alpha value is -3.68. The lowest BCUT2D eigenvalue weighted by Crippen LogP contribution is -2.32. The van der Waals surface area contributed by atoms with Gasteiger partial charge in [-0.15, -0.1) is 0 Å². The van der Waals surface area contributed by atoms with Gasteiger partial charge in [0.15, 0.2) is 6.61 Å². The minimum Gasteiger partial charge on any atom is -0.482 e. The maximum absolute atomic E-state index is 12.3. The second-order valence-electron chi connectivity index (χ2n) is 5.82. The molecule has 0 saturated heterocycles. The molecule has 8 heteroatoms. The van der Waals surface area contributed by atoms with E-state index in [0.29, 0.717) is 22.6 Å². The highest BCUT2D eigenvalue weighted by Gasteiger charge is 2.34. The summed E-state index contributed by atoms with van der Waals surface area (Å²) in [7, 11) is 0. The smallest absolute Gasteiger partial charge is 0.341 e. The zero-order valence-corrected chi connectivity index (χ0v) is 14.2. The van der Waals surface area contributed by atoms with Crippen LogP contribution in [0.2, 0.25) is 0 Å². The van der Waals surface area contributed by atoms with Gasteiger partial charge in [0.1, 0.15) is 5.75 Å². The van der Waals surface area contributed by atoms with Crippen molar-refractivity contribution in [2.45, 2.75) is 6.42 Å². The number of hydrogen-bond donors (Lipinski definition) is 2. The quantitative estimate of drug-likeness (QED) is 0.720. The molecule has 0 aromatic heterocycles. The van der Waals surface area contributed by atoms with Crippen LogP contribution in [0.25, 0.3) is 0 Å². The van der Waals surface area contributed by atoms with E-state index in [2.05, 4.69) is 5.32 Å². The Morgan fingerprint density at radius 2 is 1.67 bits per heavy atom. The molecule has 0 fully saturated rings. The Kier molecular flexibility index (Phi) is 5.16. The maximum atomic E-state index is 12.3. The summed E-state index contributed by atoms with van der Waals surface area (Å²) in [5.74, 6) is -2.01. The number of carbonyl (C=O) groups excluding carboxylic acids is 3. The van der Waals surface area contributed by atoms with Gasteiger partial charge in [-0.2, -0.15) is 0 Å². The highest BCUT2D eigenvalue weighted by Crippen LogP contribution is 2.23. The second kappa shape index (κ2) is 7.69. The van der Waals surface area contributed by atoms with E-state index in [4.69, 9.17) is 9.84 Å². The number of rotatable bonds is 7. The number of imide groups is 1. The summed E-state index contributed by atoms with van der Waals surface area (Å²) < 4.78 is 5.05. The number of aliphatic carboxylic acids is 1. The molecule has 0 radical (unpaired) electrons. The molecule has 1 heterocycles. The van der Waals surface area contributed by atoms with Crippen molar-refractivity contribution >= 4 is 29.4 Å². The number of carboxylic acid groups (broad SMARTS) is 1. The van der Waals surface area contributed by atoms with Crippen molar-refractivity contribution in [3.05, 3.63) is 59.7 Å². The van der Waals surface area contributed by atoms with Crippen molar-refractivity contribution in [1.29, 1.82) is 0 Å². The third kappa shape index (κ3) is 4.12. The summed E-state index contributed by atoms with van der Waals surface area (Å²) in [5, 5.41) is 11.2. The van der Waals surface area contributed by atoms with Crippen molar-refractivity contribution in [1.82, 2.24) is 4.90 Å². The molecule has 0 saturated carbocycles. The molecule has 27 heavy (non-hydrogen) atoms. The number of amides is 3. The molecule has 0 bridgehead atoms. The van der Waals surface area contributed by atoms with Gasteiger partial charge in [-0.25, -0.2) is 4.79 Å². The fraction of sp³-hybridized carbons (Fsp3) is 0.158. The van der Waals surface area contributed by atoms with Crippen LogP contribution < -0.4 is 10.1 Å². The van der Waals surface area contributed by atoms with Gasteiger partial charge in [-0.05, 0) is 24.3 Å². The van der Waals surface area contributed by atoms with Crippen LogP contribution in [-0.4, -0.2) is 46.8 Å². The van der Waals surface area contributed by atoms with E-state index in [0.717, 1.165) is 4.90 Å². The van der Waals surface area contributed by atoms with E-state index < -0.39 is 24.4 Å². The van der Waals surface area contributed by atoms with E-state index in [9.17, 15) is 19.2 Å². The molecule has 2 aromatic rings.